The van der Waals surface area contributed by atoms with Gasteiger partial charge in [-0.05, 0) is 41.3 Å². The molecule has 3 rings (SSSR count). The Kier molecular flexibility index (Phi) is 1.91. The summed E-state index contributed by atoms with van der Waals surface area (Å²) >= 11 is 1.87. The molecule has 0 nitrogen and oxygen atoms in total. The summed E-state index contributed by atoms with van der Waals surface area (Å²) in [6.07, 6.45) is 2.79. The van der Waals surface area contributed by atoms with Crippen molar-refractivity contribution in [1.29, 1.82) is 0 Å². The highest BCUT2D eigenvalue weighted by Crippen LogP contribution is 2.43. The van der Waals surface area contributed by atoms with Crippen LogP contribution in [-0.2, 0) is 0 Å². The van der Waals surface area contributed by atoms with Crippen molar-refractivity contribution in [3.8, 4) is 10.4 Å². The van der Waals surface area contributed by atoms with E-state index in [1.807, 2.05) is 11.3 Å². The van der Waals surface area contributed by atoms with Crippen molar-refractivity contribution >= 4 is 11.3 Å². The van der Waals surface area contributed by atoms with Crippen LogP contribution in [0, 0.1) is 0 Å². The molecule has 0 radical (unpaired) electrons. The zero-order valence-corrected chi connectivity index (χ0v) is 8.76. The Balaban J connectivity index is 1.96. The van der Waals surface area contributed by atoms with Crippen LogP contribution in [0.3, 0.4) is 0 Å². The van der Waals surface area contributed by atoms with E-state index < -0.39 is 0 Å². The minimum Gasteiger partial charge on any atom is -0.144 e. The Morgan fingerprint density at radius 1 is 1.07 bits per heavy atom. The Labute approximate surface area is 88.2 Å². The Morgan fingerprint density at radius 3 is 2.57 bits per heavy atom. The van der Waals surface area contributed by atoms with E-state index in [1.54, 1.807) is 5.56 Å². The van der Waals surface area contributed by atoms with Gasteiger partial charge in [-0.2, -0.15) is 0 Å². The smallest absolute Gasteiger partial charge is 0.0345 e. The molecule has 0 aliphatic heterocycles. The molecule has 0 unspecified atom stereocenters. The molecule has 70 valence electrons. The van der Waals surface area contributed by atoms with Crippen molar-refractivity contribution in [3.63, 3.8) is 0 Å². The van der Waals surface area contributed by atoms with E-state index in [0.717, 1.165) is 5.92 Å². The Morgan fingerprint density at radius 2 is 1.86 bits per heavy atom. The third-order valence-electron chi connectivity index (χ3n) is 2.73. The molecule has 1 aliphatic rings. The average molecular weight is 200 g/mol. The van der Waals surface area contributed by atoms with Crippen LogP contribution in [0.5, 0.6) is 0 Å². The van der Waals surface area contributed by atoms with E-state index in [4.69, 9.17) is 0 Å². The fourth-order valence-corrected chi connectivity index (χ4v) is 2.74. The highest BCUT2D eigenvalue weighted by Gasteiger charge is 2.24. The maximum Gasteiger partial charge on any atom is 0.0345 e. The molecule has 0 saturated heterocycles. The topological polar surface area (TPSA) is 0 Å². The van der Waals surface area contributed by atoms with Gasteiger partial charge in [-0.25, -0.2) is 0 Å². The van der Waals surface area contributed by atoms with Gasteiger partial charge in [0.25, 0.3) is 0 Å². The average Bonchev–Trinajstić information content (AvgIpc) is 2.98. The van der Waals surface area contributed by atoms with Gasteiger partial charge >= 0.3 is 0 Å². The summed E-state index contributed by atoms with van der Waals surface area (Å²) < 4.78 is 0. The molecular weight excluding hydrogens is 188 g/mol. The summed E-state index contributed by atoms with van der Waals surface area (Å²) in [4.78, 5) is 1.41. The zero-order valence-electron chi connectivity index (χ0n) is 7.94. The minimum atomic E-state index is 0.878. The molecule has 1 heteroatoms. The van der Waals surface area contributed by atoms with Crippen LogP contribution in [-0.4, -0.2) is 0 Å². The summed E-state index contributed by atoms with van der Waals surface area (Å²) in [5.41, 5.74) is 2.90. The van der Waals surface area contributed by atoms with Gasteiger partial charge in [-0.1, -0.05) is 30.3 Å². The molecule has 14 heavy (non-hydrogen) atoms. The maximum atomic E-state index is 2.36. The second-order valence-electron chi connectivity index (χ2n) is 3.88. The van der Waals surface area contributed by atoms with E-state index in [-0.39, 0.29) is 0 Å². The molecular formula is C13H12S. The highest BCUT2D eigenvalue weighted by atomic mass is 32.1. The van der Waals surface area contributed by atoms with E-state index in [0.29, 0.717) is 0 Å². The maximum absolute atomic E-state index is 2.36. The molecule has 1 aromatic carbocycles. The largest absolute Gasteiger partial charge is 0.144 e. The second-order valence-corrected chi connectivity index (χ2v) is 4.80. The van der Waals surface area contributed by atoms with Gasteiger partial charge < -0.3 is 0 Å². The molecule has 2 aromatic rings. The SMILES string of the molecule is c1ccc(-c2cc(C3CC3)cs2)cc1. The molecule has 1 aliphatic carbocycles. The molecule has 0 spiro atoms. The van der Waals surface area contributed by atoms with Crippen LogP contribution >= 0.6 is 11.3 Å². The molecule has 0 N–H and O–H groups in total. The summed E-state index contributed by atoms with van der Waals surface area (Å²) in [5.74, 6) is 0.878. The van der Waals surface area contributed by atoms with Gasteiger partial charge in [-0.15, -0.1) is 11.3 Å². The fraction of sp³-hybridized carbons (Fsp3) is 0.231. The lowest BCUT2D eigenvalue weighted by Crippen LogP contribution is -1.71. The van der Waals surface area contributed by atoms with Crippen molar-refractivity contribution in [2.45, 2.75) is 18.8 Å². The summed E-state index contributed by atoms with van der Waals surface area (Å²) in [7, 11) is 0. The number of hydrogen-bond donors (Lipinski definition) is 0. The van der Waals surface area contributed by atoms with Crippen molar-refractivity contribution in [2.75, 3.05) is 0 Å². The highest BCUT2D eigenvalue weighted by molar-refractivity contribution is 7.13. The summed E-state index contributed by atoms with van der Waals surface area (Å²) in [6, 6.07) is 13.0. The number of thiophene rings is 1. The molecule has 1 saturated carbocycles. The molecule has 0 amide bonds. The minimum absolute atomic E-state index is 0.878. The number of benzene rings is 1. The Bertz CT molecular complexity index is 424. The zero-order chi connectivity index (χ0) is 9.38. The predicted molar refractivity (Wildman–Crippen MR) is 61.7 cm³/mol. The first-order valence-electron chi connectivity index (χ1n) is 5.07. The van der Waals surface area contributed by atoms with Gasteiger partial charge in [0.05, 0.1) is 0 Å². The van der Waals surface area contributed by atoms with Gasteiger partial charge in [0.2, 0.25) is 0 Å². The number of rotatable bonds is 2. The molecule has 0 atom stereocenters. The standard InChI is InChI=1S/C13H12S/c1-2-4-11(5-3-1)13-8-12(9-14-13)10-6-7-10/h1-5,8-10H,6-7H2. The van der Waals surface area contributed by atoms with E-state index in [2.05, 4.69) is 41.8 Å². The van der Waals surface area contributed by atoms with Crippen LogP contribution < -0.4 is 0 Å². The lowest BCUT2D eigenvalue weighted by Gasteiger charge is -1.94. The van der Waals surface area contributed by atoms with E-state index in [9.17, 15) is 0 Å². The molecule has 1 heterocycles. The second kappa shape index (κ2) is 3.25. The van der Waals surface area contributed by atoms with Crippen LogP contribution in [0.2, 0.25) is 0 Å². The lowest BCUT2D eigenvalue weighted by atomic mass is 10.1. The third kappa shape index (κ3) is 1.48. The molecule has 0 bridgehead atoms. The summed E-state index contributed by atoms with van der Waals surface area (Å²) in [6.45, 7) is 0. The van der Waals surface area contributed by atoms with Crippen LogP contribution in [0.15, 0.2) is 41.8 Å². The number of hydrogen-bond acceptors (Lipinski definition) is 1. The van der Waals surface area contributed by atoms with Crippen molar-refractivity contribution in [2.24, 2.45) is 0 Å². The van der Waals surface area contributed by atoms with Gasteiger partial charge in [0, 0.05) is 4.88 Å². The first-order chi connectivity index (χ1) is 6.93. The quantitative estimate of drug-likeness (QED) is 0.678. The van der Waals surface area contributed by atoms with Gasteiger partial charge in [0.1, 0.15) is 0 Å². The third-order valence-corrected chi connectivity index (χ3v) is 3.72. The summed E-state index contributed by atoms with van der Waals surface area (Å²) in [5, 5.41) is 2.32. The first kappa shape index (κ1) is 8.25. The van der Waals surface area contributed by atoms with E-state index in [1.165, 1.54) is 23.3 Å². The van der Waals surface area contributed by atoms with Gasteiger partial charge in [0.15, 0.2) is 0 Å². The van der Waals surface area contributed by atoms with Crippen molar-refractivity contribution < 1.29 is 0 Å². The van der Waals surface area contributed by atoms with Crippen molar-refractivity contribution in [3.05, 3.63) is 47.3 Å². The van der Waals surface area contributed by atoms with Crippen LogP contribution in [0.4, 0.5) is 0 Å². The first-order valence-corrected chi connectivity index (χ1v) is 5.95. The molecule has 1 aromatic heterocycles. The Hall–Kier alpha value is -1.08. The van der Waals surface area contributed by atoms with Crippen LogP contribution in [0.25, 0.3) is 10.4 Å². The van der Waals surface area contributed by atoms with E-state index >= 15 is 0 Å². The normalized spacial score (nSPS) is 15.7. The monoisotopic (exact) mass is 200 g/mol. The van der Waals surface area contributed by atoms with Crippen LogP contribution in [0.1, 0.15) is 24.3 Å². The molecule has 1 fully saturated rings. The fourth-order valence-electron chi connectivity index (χ4n) is 1.74. The predicted octanol–water partition coefficient (Wildman–Crippen LogP) is 4.29. The van der Waals surface area contributed by atoms with Gasteiger partial charge in [-0.3, -0.25) is 0 Å². The van der Waals surface area contributed by atoms with Crippen molar-refractivity contribution in [1.82, 2.24) is 0 Å². The lowest BCUT2D eigenvalue weighted by molar-refractivity contribution is 1.15.